The van der Waals surface area contributed by atoms with E-state index >= 15 is 0 Å². The minimum absolute atomic E-state index is 0.160. The third-order valence-electron chi connectivity index (χ3n) is 3.03. The molecule has 0 aliphatic heterocycles. The molecule has 4 heteroatoms. The van der Waals surface area contributed by atoms with Gasteiger partial charge in [0, 0.05) is 5.41 Å². The first-order valence-corrected chi connectivity index (χ1v) is 6.69. The van der Waals surface area contributed by atoms with Crippen LogP contribution in [0.3, 0.4) is 0 Å². The van der Waals surface area contributed by atoms with Gasteiger partial charge in [0.05, 0.1) is 5.56 Å². The van der Waals surface area contributed by atoms with Crippen LogP contribution in [0.15, 0.2) is 30.3 Å². The maximum absolute atomic E-state index is 5.96. The van der Waals surface area contributed by atoms with Crippen LogP contribution in [0.5, 0.6) is 5.88 Å². The van der Waals surface area contributed by atoms with Gasteiger partial charge in [-0.05, 0) is 12.5 Å². The van der Waals surface area contributed by atoms with Gasteiger partial charge in [-0.25, -0.2) is 4.98 Å². The van der Waals surface area contributed by atoms with E-state index < -0.39 is 0 Å². The predicted octanol–water partition coefficient (Wildman–Crippen LogP) is 3.24. The van der Waals surface area contributed by atoms with Gasteiger partial charge in [0.15, 0.2) is 0 Å². The van der Waals surface area contributed by atoms with Crippen LogP contribution in [0.1, 0.15) is 37.7 Å². The van der Waals surface area contributed by atoms with Crippen LogP contribution < -0.4 is 10.5 Å². The molecule has 0 spiro atoms. The Morgan fingerprint density at radius 3 is 2.35 bits per heavy atom. The summed E-state index contributed by atoms with van der Waals surface area (Å²) in [6.07, 6.45) is 0. The highest BCUT2D eigenvalue weighted by molar-refractivity contribution is 5.45. The predicted molar refractivity (Wildman–Crippen MR) is 80.7 cm³/mol. The molecule has 0 amide bonds. The molecule has 1 aromatic carbocycles. The van der Waals surface area contributed by atoms with Crippen molar-refractivity contribution in [1.82, 2.24) is 9.97 Å². The van der Waals surface area contributed by atoms with Gasteiger partial charge < -0.3 is 10.5 Å². The molecule has 2 N–H and O–H groups in total. The van der Waals surface area contributed by atoms with Gasteiger partial charge in [-0.2, -0.15) is 4.98 Å². The van der Waals surface area contributed by atoms with Gasteiger partial charge in [0.25, 0.3) is 0 Å². The van der Waals surface area contributed by atoms with Crippen molar-refractivity contribution in [3.05, 3.63) is 47.3 Å². The largest absolute Gasteiger partial charge is 0.472 e. The first kappa shape index (κ1) is 14.3. The number of anilines is 1. The maximum Gasteiger partial charge on any atom is 0.222 e. The summed E-state index contributed by atoms with van der Waals surface area (Å²) in [5.41, 5.74) is 7.68. The average molecular weight is 271 g/mol. The molecule has 2 rings (SSSR count). The highest BCUT2D eigenvalue weighted by atomic mass is 16.5. The number of benzene rings is 1. The van der Waals surface area contributed by atoms with E-state index in [0.717, 1.165) is 11.1 Å². The number of hydrogen-bond acceptors (Lipinski definition) is 4. The van der Waals surface area contributed by atoms with Gasteiger partial charge in [0.2, 0.25) is 5.88 Å². The molecule has 0 atom stereocenters. The van der Waals surface area contributed by atoms with Crippen LogP contribution in [0, 0.1) is 6.92 Å². The molecule has 106 valence electrons. The summed E-state index contributed by atoms with van der Waals surface area (Å²) in [6, 6.07) is 9.99. The Morgan fingerprint density at radius 2 is 1.75 bits per heavy atom. The molecular formula is C16H21N3O. The fourth-order valence-electron chi connectivity index (χ4n) is 1.71. The van der Waals surface area contributed by atoms with Gasteiger partial charge in [-0.1, -0.05) is 51.1 Å². The average Bonchev–Trinajstić information content (AvgIpc) is 2.40. The monoisotopic (exact) mass is 271 g/mol. The molecule has 1 aromatic heterocycles. The van der Waals surface area contributed by atoms with E-state index in [0.29, 0.717) is 24.1 Å². The van der Waals surface area contributed by atoms with Crippen molar-refractivity contribution in [2.24, 2.45) is 0 Å². The van der Waals surface area contributed by atoms with E-state index in [4.69, 9.17) is 10.5 Å². The normalized spacial score (nSPS) is 11.4. The molecule has 2 aromatic rings. The van der Waals surface area contributed by atoms with Crippen LogP contribution in [0.4, 0.5) is 5.82 Å². The molecule has 0 unspecified atom stereocenters. The number of nitrogens with zero attached hydrogens (tertiary/aromatic N) is 2. The standard InChI is InChI=1S/C16H21N3O/c1-11-13(17)18-15(16(2,3)4)19-14(11)20-10-12-8-6-5-7-9-12/h5-9H,10H2,1-4H3,(H2,17,18,19). The lowest BCUT2D eigenvalue weighted by molar-refractivity contribution is 0.288. The topological polar surface area (TPSA) is 61.0 Å². The first-order valence-electron chi connectivity index (χ1n) is 6.69. The van der Waals surface area contributed by atoms with Crippen LogP contribution in [0.2, 0.25) is 0 Å². The molecule has 0 aliphatic carbocycles. The van der Waals surface area contributed by atoms with Crippen molar-refractivity contribution in [3.8, 4) is 5.88 Å². The number of aromatic nitrogens is 2. The number of nitrogens with two attached hydrogens (primary N) is 1. The van der Waals surface area contributed by atoms with Crippen LogP contribution in [-0.4, -0.2) is 9.97 Å². The molecule has 0 fully saturated rings. The Hall–Kier alpha value is -2.10. The zero-order valence-corrected chi connectivity index (χ0v) is 12.5. The van der Waals surface area contributed by atoms with Crippen molar-refractivity contribution in [3.63, 3.8) is 0 Å². The Bertz CT molecular complexity index is 589. The highest BCUT2D eigenvalue weighted by Gasteiger charge is 2.21. The molecular weight excluding hydrogens is 250 g/mol. The Balaban J connectivity index is 2.25. The van der Waals surface area contributed by atoms with Crippen molar-refractivity contribution in [2.45, 2.75) is 39.7 Å². The molecule has 0 saturated heterocycles. The molecule has 0 radical (unpaired) electrons. The van der Waals surface area contributed by atoms with E-state index in [9.17, 15) is 0 Å². The minimum atomic E-state index is -0.160. The maximum atomic E-state index is 5.96. The number of rotatable bonds is 3. The Labute approximate surface area is 120 Å². The third kappa shape index (κ3) is 3.26. The first-order chi connectivity index (χ1) is 9.38. The fourth-order valence-corrected chi connectivity index (χ4v) is 1.71. The Kier molecular flexibility index (Phi) is 3.93. The van der Waals surface area contributed by atoms with Crippen LogP contribution >= 0.6 is 0 Å². The molecule has 1 heterocycles. The van der Waals surface area contributed by atoms with Gasteiger partial charge in [0.1, 0.15) is 18.2 Å². The number of hydrogen-bond donors (Lipinski definition) is 1. The third-order valence-corrected chi connectivity index (χ3v) is 3.03. The van der Waals surface area contributed by atoms with Crippen molar-refractivity contribution in [1.29, 1.82) is 0 Å². The van der Waals surface area contributed by atoms with E-state index in [1.807, 2.05) is 37.3 Å². The molecule has 4 nitrogen and oxygen atoms in total. The number of ether oxygens (including phenoxy) is 1. The zero-order valence-electron chi connectivity index (χ0n) is 12.5. The van der Waals surface area contributed by atoms with Crippen molar-refractivity contribution >= 4 is 5.82 Å². The summed E-state index contributed by atoms with van der Waals surface area (Å²) in [5.74, 6) is 1.74. The summed E-state index contributed by atoms with van der Waals surface area (Å²) in [4.78, 5) is 8.85. The second-order valence-electron chi connectivity index (χ2n) is 5.89. The fraction of sp³-hybridized carbons (Fsp3) is 0.375. The quantitative estimate of drug-likeness (QED) is 0.931. The molecule has 0 bridgehead atoms. The van der Waals surface area contributed by atoms with Crippen LogP contribution in [0.25, 0.3) is 0 Å². The zero-order chi connectivity index (χ0) is 14.8. The van der Waals surface area contributed by atoms with Gasteiger partial charge in [-0.15, -0.1) is 0 Å². The Morgan fingerprint density at radius 1 is 1.10 bits per heavy atom. The van der Waals surface area contributed by atoms with E-state index in [1.54, 1.807) is 0 Å². The van der Waals surface area contributed by atoms with Crippen LogP contribution in [-0.2, 0) is 12.0 Å². The molecule has 0 saturated carbocycles. The second-order valence-corrected chi connectivity index (χ2v) is 5.89. The van der Waals surface area contributed by atoms with Crippen molar-refractivity contribution in [2.75, 3.05) is 5.73 Å². The summed E-state index contributed by atoms with van der Waals surface area (Å²) in [5, 5.41) is 0. The summed E-state index contributed by atoms with van der Waals surface area (Å²) in [6.45, 7) is 8.51. The smallest absolute Gasteiger partial charge is 0.222 e. The minimum Gasteiger partial charge on any atom is -0.472 e. The second kappa shape index (κ2) is 5.49. The van der Waals surface area contributed by atoms with E-state index in [-0.39, 0.29) is 5.41 Å². The molecule has 0 aliphatic rings. The lowest BCUT2D eigenvalue weighted by atomic mass is 9.95. The summed E-state index contributed by atoms with van der Waals surface area (Å²) in [7, 11) is 0. The van der Waals surface area contributed by atoms with Crippen molar-refractivity contribution < 1.29 is 4.74 Å². The number of nitrogen functional groups attached to an aromatic ring is 1. The lowest BCUT2D eigenvalue weighted by Gasteiger charge is -2.19. The van der Waals surface area contributed by atoms with Gasteiger partial charge >= 0.3 is 0 Å². The SMILES string of the molecule is Cc1c(N)nc(C(C)(C)C)nc1OCc1ccccc1. The van der Waals surface area contributed by atoms with E-state index in [2.05, 4.69) is 30.7 Å². The highest BCUT2D eigenvalue weighted by Crippen LogP contribution is 2.26. The molecule has 20 heavy (non-hydrogen) atoms. The summed E-state index contributed by atoms with van der Waals surface area (Å²) >= 11 is 0. The van der Waals surface area contributed by atoms with Gasteiger partial charge in [-0.3, -0.25) is 0 Å². The summed E-state index contributed by atoms with van der Waals surface area (Å²) < 4.78 is 5.81. The lowest BCUT2D eigenvalue weighted by Crippen LogP contribution is -2.18. The van der Waals surface area contributed by atoms with E-state index in [1.165, 1.54) is 0 Å².